The largest absolute Gasteiger partial charge is 0.366 e. The highest BCUT2D eigenvalue weighted by molar-refractivity contribution is 5.98. The molecule has 0 saturated carbocycles. The standard InChI is InChI=1S/C19H30N2O.C6H7N3O.2C2H6/c1-8-12-15(10-3)14-21-17(11-4)16(13-9-2)18(22)20(7)19(21,5)6;10-6-8-4-2-1-3-7-5(4)9-6;2*1-2/h8-10,12-13H,11,14H2,1-7H3;1-2,7H,3H2,(H2,8,9,10);2*1-2H3/b12-8-,13-9-,15-10+;;;. The predicted octanol–water partition coefficient (Wildman–Crippen LogP) is 6.45. The van der Waals surface area contributed by atoms with E-state index in [0.29, 0.717) is 0 Å². The number of hydrogen-bond acceptors (Lipinski definition) is 4. The number of carbonyl (C=O) groups excluding carboxylic acids is 1. The van der Waals surface area contributed by atoms with Gasteiger partial charge in [-0.3, -0.25) is 9.78 Å². The molecule has 3 N–H and O–H groups in total. The van der Waals surface area contributed by atoms with Crippen LogP contribution in [0, 0.1) is 0 Å². The van der Waals surface area contributed by atoms with Gasteiger partial charge in [-0.1, -0.05) is 71.1 Å². The minimum Gasteiger partial charge on any atom is -0.366 e. The van der Waals surface area contributed by atoms with Crippen LogP contribution in [0.5, 0.6) is 0 Å². The highest BCUT2D eigenvalue weighted by Crippen LogP contribution is 2.34. The van der Waals surface area contributed by atoms with Crippen LogP contribution in [0.3, 0.4) is 0 Å². The third-order valence-corrected chi connectivity index (χ3v) is 5.85. The van der Waals surface area contributed by atoms with Crippen molar-refractivity contribution in [1.82, 2.24) is 19.8 Å². The number of fused-ring (bicyclic) bond motifs is 1. The lowest BCUT2D eigenvalue weighted by Gasteiger charge is -2.51. The van der Waals surface area contributed by atoms with Gasteiger partial charge in [-0.15, -0.1) is 0 Å². The molecule has 0 saturated heterocycles. The van der Waals surface area contributed by atoms with Crippen LogP contribution in [0.25, 0.3) is 6.08 Å². The molecule has 202 valence electrons. The number of H-pyrrole nitrogens is 2. The number of carbonyl (C=O) groups is 1. The summed E-state index contributed by atoms with van der Waals surface area (Å²) < 4.78 is 0. The number of rotatable bonds is 5. The first kappa shape index (κ1) is 32.8. The second kappa shape index (κ2) is 16.5. The van der Waals surface area contributed by atoms with Crippen LogP contribution < -0.4 is 11.0 Å². The minimum atomic E-state index is -0.344. The summed E-state index contributed by atoms with van der Waals surface area (Å²) in [5, 5.41) is 3.01. The van der Waals surface area contributed by atoms with Crippen LogP contribution >= 0.6 is 0 Å². The third-order valence-electron chi connectivity index (χ3n) is 5.85. The van der Waals surface area contributed by atoms with E-state index in [1.807, 2.05) is 77.8 Å². The predicted molar refractivity (Wildman–Crippen MR) is 156 cm³/mol. The molecule has 1 amide bonds. The molecule has 0 atom stereocenters. The summed E-state index contributed by atoms with van der Waals surface area (Å²) in [5.74, 6) is 0.886. The molecule has 3 rings (SSSR count). The van der Waals surface area contributed by atoms with Gasteiger partial charge in [-0.25, -0.2) is 4.79 Å². The van der Waals surface area contributed by atoms with Crippen molar-refractivity contribution in [2.75, 3.05) is 25.5 Å². The van der Waals surface area contributed by atoms with Crippen molar-refractivity contribution >= 4 is 17.8 Å². The smallest absolute Gasteiger partial charge is 0.324 e. The highest BCUT2D eigenvalue weighted by Gasteiger charge is 2.41. The maximum Gasteiger partial charge on any atom is 0.324 e. The minimum absolute atomic E-state index is 0.101. The lowest BCUT2D eigenvalue weighted by Crippen LogP contribution is -2.60. The van der Waals surface area contributed by atoms with Crippen molar-refractivity contribution in [1.29, 1.82) is 0 Å². The number of hydrogen-bond donors (Lipinski definition) is 3. The monoisotopic (exact) mass is 499 g/mol. The number of nitrogens with one attached hydrogen (secondary N) is 3. The Hall–Kier alpha value is -3.22. The zero-order chi connectivity index (χ0) is 27.9. The Balaban J connectivity index is 0.000000719. The number of aromatic nitrogens is 2. The van der Waals surface area contributed by atoms with Gasteiger partial charge in [-0.05, 0) is 52.7 Å². The number of likely N-dealkylation sites (N-methyl/N-ethyl adjacent to an activating group) is 1. The molecule has 36 heavy (non-hydrogen) atoms. The zero-order valence-electron chi connectivity index (χ0n) is 24.4. The van der Waals surface area contributed by atoms with Crippen LogP contribution in [0.15, 0.2) is 58.1 Å². The number of nitrogens with zero attached hydrogens (tertiary/aromatic N) is 2. The molecule has 0 bridgehead atoms. The van der Waals surface area contributed by atoms with Crippen molar-refractivity contribution in [3.8, 4) is 0 Å². The van der Waals surface area contributed by atoms with E-state index in [4.69, 9.17) is 0 Å². The normalized spacial score (nSPS) is 16.5. The van der Waals surface area contributed by atoms with E-state index in [2.05, 4.69) is 66.1 Å². The van der Waals surface area contributed by atoms with Gasteiger partial charge < -0.3 is 20.1 Å². The fourth-order valence-corrected chi connectivity index (χ4v) is 3.85. The molecular formula is C29H49N5O2. The van der Waals surface area contributed by atoms with Gasteiger partial charge in [0, 0.05) is 25.8 Å². The van der Waals surface area contributed by atoms with Crippen molar-refractivity contribution in [3.63, 3.8) is 0 Å². The summed E-state index contributed by atoms with van der Waals surface area (Å²) in [6.07, 6.45) is 14.9. The Morgan fingerprint density at radius 2 is 1.69 bits per heavy atom. The van der Waals surface area contributed by atoms with E-state index in [0.717, 1.165) is 42.3 Å². The van der Waals surface area contributed by atoms with Crippen LogP contribution in [0.4, 0.5) is 5.82 Å². The highest BCUT2D eigenvalue weighted by atomic mass is 16.2. The molecule has 7 nitrogen and oxygen atoms in total. The Labute approximate surface area is 218 Å². The number of imidazole rings is 1. The topological polar surface area (TPSA) is 84.2 Å². The van der Waals surface area contributed by atoms with E-state index >= 15 is 0 Å². The Morgan fingerprint density at radius 3 is 2.19 bits per heavy atom. The summed E-state index contributed by atoms with van der Waals surface area (Å²) in [7, 11) is 1.89. The number of anilines is 1. The maximum atomic E-state index is 12.7. The Morgan fingerprint density at radius 1 is 1.06 bits per heavy atom. The van der Waals surface area contributed by atoms with Crippen molar-refractivity contribution in [3.05, 3.63) is 69.5 Å². The van der Waals surface area contributed by atoms with Gasteiger partial charge in [0.25, 0.3) is 5.91 Å². The second-order valence-electron chi connectivity index (χ2n) is 8.17. The van der Waals surface area contributed by atoms with Gasteiger partial charge in [0.2, 0.25) is 0 Å². The number of amides is 1. The molecule has 2 aliphatic rings. The Kier molecular flexibility index (Phi) is 15.0. The number of aromatic amines is 2. The molecule has 2 aliphatic heterocycles. The van der Waals surface area contributed by atoms with Crippen LogP contribution in [0.1, 0.15) is 81.4 Å². The van der Waals surface area contributed by atoms with E-state index in [-0.39, 0.29) is 17.3 Å². The van der Waals surface area contributed by atoms with Gasteiger partial charge in [0.1, 0.15) is 11.5 Å². The summed E-state index contributed by atoms with van der Waals surface area (Å²) >= 11 is 0. The molecule has 7 heteroatoms. The first-order chi connectivity index (χ1) is 17.2. The molecule has 0 aliphatic carbocycles. The third kappa shape index (κ3) is 8.18. The second-order valence-corrected chi connectivity index (χ2v) is 8.17. The lowest BCUT2D eigenvalue weighted by atomic mass is 9.97. The van der Waals surface area contributed by atoms with E-state index in [9.17, 15) is 9.59 Å². The van der Waals surface area contributed by atoms with Crippen LogP contribution in [0.2, 0.25) is 0 Å². The molecule has 0 spiro atoms. The molecule has 0 fully saturated rings. The first-order valence-corrected chi connectivity index (χ1v) is 13.1. The van der Waals surface area contributed by atoms with E-state index in [1.165, 1.54) is 5.57 Å². The fraction of sp³-hybridized carbons (Fsp3) is 0.517. The van der Waals surface area contributed by atoms with Gasteiger partial charge >= 0.3 is 5.69 Å². The van der Waals surface area contributed by atoms with Crippen LogP contribution in [-0.4, -0.2) is 51.5 Å². The molecule has 0 aromatic carbocycles. The molecule has 0 unspecified atom stereocenters. The van der Waals surface area contributed by atoms with Gasteiger partial charge in [0.15, 0.2) is 0 Å². The molecular weight excluding hydrogens is 450 g/mol. The fourth-order valence-electron chi connectivity index (χ4n) is 3.85. The average molecular weight is 500 g/mol. The van der Waals surface area contributed by atoms with Crippen molar-refractivity contribution < 1.29 is 4.79 Å². The SMILES string of the molecule is C/C=C\C1=C(CC)N(CC(/C=C\C)=C/C)C(C)(C)N(C)C1=O.CC.CC.O=c1[nH]c2c([nH]1)NCC=C2. The average Bonchev–Trinajstić information content (AvgIpc) is 3.28. The number of allylic oxidation sites excluding steroid dienone is 4. The summed E-state index contributed by atoms with van der Waals surface area (Å²) in [5.41, 5.74) is 3.51. The van der Waals surface area contributed by atoms with Crippen molar-refractivity contribution in [2.45, 2.75) is 81.3 Å². The molecule has 1 aromatic rings. The lowest BCUT2D eigenvalue weighted by molar-refractivity contribution is -0.139. The quantitative estimate of drug-likeness (QED) is 0.406. The maximum absolute atomic E-state index is 12.7. The summed E-state index contributed by atoms with van der Waals surface area (Å²) in [4.78, 5) is 32.8. The molecule has 3 heterocycles. The van der Waals surface area contributed by atoms with Crippen LogP contribution in [-0.2, 0) is 4.79 Å². The zero-order valence-corrected chi connectivity index (χ0v) is 24.4. The van der Waals surface area contributed by atoms with Crippen molar-refractivity contribution in [2.24, 2.45) is 0 Å². The first-order valence-electron chi connectivity index (χ1n) is 13.1. The molecule has 0 radical (unpaired) electrons. The van der Waals surface area contributed by atoms with E-state index in [1.54, 1.807) is 0 Å². The van der Waals surface area contributed by atoms with Gasteiger partial charge in [-0.2, -0.15) is 0 Å². The van der Waals surface area contributed by atoms with Gasteiger partial charge in [0.05, 0.1) is 11.3 Å². The summed E-state index contributed by atoms with van der Waals surface area (Å²) in [6.45, 7) is 22.0. The Bertz CT molecular complexity index is 1020. The molecule has 1 aromatic heterocycles. The van der Waals surface area contributed by atoms with E-state index < -0.39 is 0 Å². The summed E-state index contributed by atoms with van der Waals surface area (Å²) in [6, 6.07) is 0.